The maximum absolute atomic E-state index is 10.0. The van der Waals surface area contributed by atoms with E-state index in [-0.39, 0.29) is 17.8 Å². The van der Waals surface area contributed by atoms with Crippen LogP contribution in [0.25, 0.3) is 11.7 Å². The first-order chi connectivity index (χ1) is 16.1. The van der Waals surface area contributed by atoms with Crippen LogP contribution in [0.15, 0.2) is 77.9 Å². The fraction of sp³-hybridized carbons (Fsp3) is 0.0833. The number of nitrogens with zero attached hydrogens (tertiary/aromatic N) is 5. The number of aromatic amines is 1. The van der Waals surface area contributed by atoms with Crippen LogP contribution in [0, 0.1) is 0 Å². The molecule has 2 aromatic carbocycles. The number of anilines is 2. The summed E-state index contributed by atoms with van der Waals surface area (Å²) in [7, 11) is 0. The van der Waals surface area contributed by atoms with Crippen LogP contribution >= 0.6 is 0 Å². The summed E-state index contributed by atoms with van der Waals surface area (Å²) in [5, 5.41) is 28.0. The lowest BCUT2D eigenvalue weighted by atomic mass is 10.1. The zero-order chi connectivity index (χ0) is 22.8. The molecule has 0 aliphatic rings. The van der Waals surface area contributed by atoms with Crippen LogP contribution in [0.3, 0.4) is 0 Å². The van der Waals surface area contributed by atoms with Gasteiger partial charge in [0.25, 0.3) is 5.62 Å². The Morgan fingerprint density at radius 3 is 2.45 bits per heavy atom. The molecule has 9 heteroatoms. The number of para-hydroxylation sites is 1. The molecule has 1 unspecified atom stereocenters. The zero-order valence-corrected chi connectivity index (χ0v) is 17.7. The van der Waals surface area contributed by atoms with Crippen molar-refractivity contribution in [2.75, 3.05) is 5.32 Å². The van der Waals surface area contributed by atoms with E-state index in [1.165, 1.54) is 6.07 Å². The van der Waals surface area contributed by atoms with Crippen molar-refractivity contribution in [3.63, 3.8) is 0 Å². The van der Waals surface area contributed by atoms with Crippen LogP contribution in [0.5, 0.6) is 11.8 Å². The maximum Gasteiger partial charge on any atom is 0.250 e. The van der Waals surface area contributed by atoms with Gasteiger partial charge in [-0.15, -0.1) is 0 Å². The van der Waals surface area contributed by atoms with Gasteiger partial charge in [0.1, 0.15) is 0 Å². The van der Waals surface area contributed by atoms with Gasteiger partial charge in [0.2, 0.25) is 5.95 Å². The predicted octanol–water partition coefficient (Wildman–Crippen LogP) is 2.82. The van der Waals surface area contributed by atoms with Gasteiger partial charge < -0.3 is 15.5 Å². The molecule has 0 bridgehead atoms. The monoisotopic (exact) mass is 439 g/mol. The molecule has 4 N–H and O–H groups in total. The molecule has 9 nitrogen and oxygen atoms in total. The second-order valence-electron chi connectivity index (χ2n) is 7.49. The lowest BCUT2D eigenvalue weighted by Crippen LogP contribution is -2.21. The Balaban J connectivity index is 1.68. The number of nitrogens with one attached hydrogen (secondary N) is 2. The van der Waals surface area contributed by atoms with Gasteiger partial charge in [0.15, 0.2) is 17.4 Å². The van der Waals surface area contributed by atoms with Gasteiger partial charge in [0.05, 0.1) is 12.2 Å². The van der Waals surface area contributed by atoms with Crippen LogP contribution in [-0.2, 0) is 0 Å². The summed E-state index contributed by atoms with van der Waals surface area (Å²) in [4.78, 5) is 16.4. The van der Waals surface area contributed by atoms with E-state index in [9.17, 15) is 10.2 Å². The molecule has 0 saturated carbocycles. The van der Waals surface area contributed by atoms with Gasteiger partial charge >= 0.3 is 0 Å². The van der Waals surface area contributed by atoms with E-state index in [0.29, 0.717) is 28.0 Å². The Morgan fingerprint density at radius 2 is 1.76 bits per heavy atom. The molecular formula is C24H21N7O2. The Labute approximate surface area is 188 Å². The highest BCUT2D eigenvalue weighted by atomic mass is 16.3. The quantitative estimate of drug-likeness (QED) is 0.334. The fourth-order valence-electron chi connectivity index (χ4n) is 3.48. The number of benzene rings is 2. The minimum absolute atomic E-state index is 0.136. The third-order valence-corrected chi connectivity index (χ3v) is 5.13. The lowest BCUT2D eigenvalue weighted by Gasteiger charge is -2.08. The third-order valence-electron chi connectivity index (χ3n) is 5.13. The van der Waals surface area contributed by atoms with Gasteiger partial charge in [-0.3, -0.25) is 4.98 Å². The largest absolute Gasteiger partial charge is 0.494 e. The van der Waals surface area contributed by atoms with Gasteiger partial charge in [-0.05, 0) is 30.7 Å². The van der Waals surface area contributed by atoms with E-state index >= 15 is 0 Å². The molecule has 0 amide bonds. The average Bonchev–Trinajstić information content (AvgIpc) is 3.37. The average molecular weight is 439 g/mol. The van der Waals surface area contributed by atoms with Crippen molar-refractivity contribution in [2.45, 2.75) is 13.0 Å². The summed E-state index contributed by atoms with van der Waals surface area (Å²) >= 11 is 0. The Kier molecular flexibility index (Phi) is 5.19. The topological polar surface area (TPSA) is 124 Å². The standard InChI is InChI=1S/C24H21N7O2/c1-15(16-8-4-2-5-9-16)26-23-29-21-18(12-17-13-20(32)28-22(17)33)14-25-31(21)24(30-23)27-19-10-6-3-7-11-19/h2-15,28,32-33H,1H3,(H,26,27,30). The molecule has 0 fully saturated rings. The molecule has 3 aromatic heterocycles. The van der Waals surface area contributed by atoms with Crippen molar-refractivity contribution in [3.05, 3.63) is 94.9 Å². The third kappa shape index (κ3) is 4.24. The van der Waals surface area contributed by atoms with E-state index in [4.69, 9.17) is 4.99 Å². The molecular weight excluding hydrogens is 418 g/mol. The molecule has 0 spiro atoms. The SMILES string of the molecule is CC(N=c1nc(Nc2ccccc2)n2ncc(=Cc3cc(O)[nH]c3O)c2n1)c1ccccc1. The van der Waals surface area contributed by atoms with Gasteiger partial charge in [0, 0.05) is 22.5 Å². The molecule has 5 aromatic rings. The summed E-state index contributed by atoms with van der Waals surface area (Å²) in [6.07, 6.45) is 3.30. The second kappa shape index (κ2) is 8.46. The molecule has 0 aliphatic carbocycles. The smallest absolute Gasteiger partial charge is 0.250 e. The van der Waals surface area contributed by atoms with Crippen LogP contribution in [0.2, 0.25) is 0 Å². The summed E-state index contributed by atoms with van der Waals surface area (Å²) in [6.45, 7) is 1.98. The van der Waals surface area contributed by atoms with Crippen molar-refractivity contribution in [3.8, 4) is 11.8 Å². The number of hydrogen-bond donors (Lipinski definition) is 4. The highest BCUT2D eigenvalue weighted by molar-refractivity contribution is 5.62. The summed E-state index contributed by atoms with van der Waals surface area (Å²) in [6, 6.07) is 20.8. The zero-order valence-electron chi connectivity index (χ0n) is 17.7. The highest BCUT2D eigenvalue weighted by Gasteiger charge is 2.11. The van der Waals surface area contributed by atoms with E-state index in [1.54, 1.807) is 16.8 Å². The molecule has 0 radical (unpaired) electrons. The Bertz CT molecular complexity index is 1530. The molecule has 0 aliphatic heterocycles. The van der Waals surface area contributed by atoms with Crippen LogP contribution < -0.4 is 16.2 Å². The fourth-order valence-corrected chi connectivity index (χ4v) is 3.48. The van der Waals surface area contributed by atoms with Crippen molar-refractivity contribution in [1.82, 2.24) is 24.6 Å². The van der Waals surface area contributed by atoms with Crippen molar-refractivity contribution < 1.29 is 10.2 Å². The maximum atomic E-state index is 10.0. The predicted molar refractivity (Wildman–Crippen MR) is 124 cm³/mol. The van der Waals surface area contributed by atoms with Gasteiger partial charge in [-0.2, -0.15) is 19.6 Å². The number of aromatic hydroxyl groups is 2. The van der Waals surface area contributed by atoms with E-state index < -0.39 is 0 Å². The Hall–Kier alpha value is -4.66. The van der Waals surface area contributed by atoms with E-state index in [2.05, 4.69) is 25.4 Å². The number of fused-ring (bicyclic) bond motifs is 1. The number of hydrogen-bond acceptors (Lipinski definition) is 7. The lowest BCUT2D eigenvalue weighted by molar-refractivity contribution is 0.425. The molecule has 1 atom stereocenters. The van der Waals surface area contributed by atoms with E-state index in [1.807, 2.05) is 67.6 Å². The molecule has 0 saturated heterocycles. The van der Waals surface area contributed by atoms with Crippen LogP contribution in [0.1, 0.15) is 24.1 Å². The van der Waals surface area contributed by atoms with Crippen molar-refractivity contribution >= 4 is 23.4 Å². The Morgan fingerprint density at radius 1 is 1.03 bits per heavy atom. The highest BCUT2D eigenvalue weighted by Crippen LogP contribution is 2.22. The first-order valence-electron chi connectivity index (χ1n) is 10.4. The first kappa shape index (κ1) is 20.3. The van der Waals surface area contributed by atoms with Crippen molar-refractivity contribution in [1.29, 1.82) is 0 Å². The first-order valence-corrected chi connectivity index (χ1v) is 10.4. The number of rotatable bonds is 5. The van der Waals surface area contributed by atoms with Gasteiger partial charge in [-0.1, -0.05) is 48.5 Å². The summed E-state index contributed by atoms with van der Waals surface area (Å²) in [5.74, 6) is 0.167. The second-order valence-corrected chi connectivity index (χ2v) is 7.49. The van der Waals surface area contributed by atoms with Crippen LogP contribution in [0.4, 0.5) is 11.6 Å². The summed E-state index contributed by atoms with van der Waals surface area (Å²) < 4.78 is 1.58. The minimum Gasteiger partial charge on any atom is -0.494 e. The molecule has 5 rings (SSSR count). The van der Waals surface area contributed by atoms with Crippen LogP contribution in [-0.4, -0.2) is 34.8 Å². The minimum atomic E-state index is -0.153. The number of aromatic nitrogens is 5. The summed E-state index contributed by atoms with van der Waals surface area (Å²) in [5.41, 5.74) is 3.10. The molecule has 33 heavy (non-hydrogen) atoms. The normalized spacial score (nSPS) is 13.5. The molecule has 3 heterocycles. The van der Waals surface area contributed by atoms with Gasteiger partial charge in [-0.25, -0.2) is 4.99 Å². The van der Waals surface area contributed by atoms with Crippen molar-refractivity contribution in [2.24, 2.45) is 4.99 Å². The van der Waals surface area contributed by atoms with E-state index in [0.717, 1.165) is 11.3 Å². The number of H-pyrrole nitrogens is 1. The molecule has 164 valence electrons.